The molecule has 0 heterocycles. The number of hydrogen-bond acceptors (Lipinski definition) is 3. The minimum absolute atomic E-state index is 0.332. The minimum Gasteiger partial charge on any atom is -0.481 e. The third kappa shape index (κ3) is 4.14. The molecule has 0 unspecified atom stereocenters. The molecule has 0 radical (unpaired) electrons. The molecule has 0 saturated heterocycles. The highest BCUT2D eigenvalue weighted by molar-refractivity contribution is 6.42. The lowest BCUT2D eigenvalue weighted by atomic mass is 10.2. The summed E-state index contributed by atoms with van der Waals surface area (Å²) < 4.78 is 5.52. The number of rotatable bonds is 4. The molecule has 0 aliphatic carbocycles. The Morgan fingerprint density at radius 2 is 2.00 bits per heavy atom. The minimum atomic E-state index is -0.733. The van der Waals surface area contributed by atoms with Crippen molar-refractivity contribution in [2.45, 2.75) is 13.0 Å². The van der Waals surface area contributed by atoms with E-state index >= 15 is 0 Å². The molecule has 1 atom stereocenters. The number of benzene rings is 2. The molecule has 1 N–H and O–H groups in total. The summed E-state index contributed by atoms with van der Waals surface area (Å²) in [5.74, 6) is 0.115. The number of nitrogens with one attached hydrogen (secondary N) is 1. The summed E-state index contributed by atoms with van der Waals surface area (Å²) >= 11 is 11.7. The summed E-state index contributed by atoms with van der Waals surface area (Å²) in [5, 5.41) is 12.3. The van der Waals surface area contributed by atoms with E-state index in [0.29, 0.717) is 27.0 Å². The number of nitriles is 1. The lowest BCUT2D eigenvalue weighted by Gasteiger charge is -2.15. The molecule has 2 aromatic carbocycles. The predicted octanol–water partition coefficient (Wildman–Crippen LogP) is 4.27. The summed E-state index contributed by atoms with van der Waals surface area (Å²) in [5.41, 5.74) is 1.00. The lowest BCUT2D eigenvalue weighted by Crippen LogP contribution is -2.30. The van der Waals surface area contributed by atoms with Gasteiger partial charge in [0.15, 0.2) is 6.10 Å². The van der Waals surface area contributed by atoms with Gasteiger partial charge in [-0.3, -0.25) is 4.79 Å². The molecule has 22 heavy (non-hydrogen) atoms. The van der Waals surface area contributed by atoms with E-state index < -0.39 is 6.10 Å². The van der Waals surface area contributed by atoms with Gasteiger partial charge in [0.1, 0.15) is 5.75 Å². The van der Waals surface area contributed by atoms with Gasteiger partial charge in [0, 0.05) is 11.8 Å². The smallest absolute Gasteiger partial charge is 0.265 e. The first-order chi connectivity index (χ1) is 10.5. The van der Waals surface area contributed by atoms with Gasteiger partial charge >= 0.3 is 0 Å². The fraction of sp³-hybridized carbons (Fsp3) is 0.125. The summed E-state index contributed by atoms with van der Waals surface area (Å²) in [6.45, 7) is 1.62. The zero-order chi connectivity index (χ0) is 16.1. The van der Waals surface area contributed by atoms with Crippen LogP contribution in [0.15, 0.2) is 42.5 Å². The molecule has 0 aliphatic rings. The maximum absolute atomic E-state index is 12.1. The first-order valence-electron chi connectivity index (χ1n) is 6.42. The Bertz CT molecular complexity index is 741. The van der Waals surface area contributed by atoms with Gasteiger partial charge in [-0.2, -0.15) is 5.26 Å². The predicted molar refractivity (Wildman–Crippen MR) is 86.3 cm³/mol. The quantitative estimate of drug-likeness (QED) is 0.907. The highest BCUT2D eigenvalue weighted by atomic mass is 35.5. The van der Waals surface area contributed by atoms with Crippen LogP contribution in [-0.2, 0) is 4.79 Å². The maximum Gasteiger partial charge on any atom is 0.265 e. The molecular formula is C16H12Cl2N2O2. The highest BCUT2D eigenvalue weighted by Gasteiger charge is 2.15. The standard InChI is InChI=1S/C16H12Cl2N2O2/c1-10(22-13-5-6-14(17)15(18)8-13)16(21)20-12-4-2-3-11(7-12)9-19/h2-8,10H,1H3,(H,20,21)/t10-/m0/s1. The Morgan fingerprint density at radius 3 is 2.68 bits per heavy atom. The monoisotopic (exact) mass is 334 g/mol. The average molecular weight is 335 g/mol. The van der Waals surface area contributed by atoms with E-state index in [4.69, 9.17) is 33.2 Å². The molecule has 0 saturated carbocycles. The summed E-state index contributed by atoms with van der Waals surface area (Å²) in [4.78, 5) is 12.1. The summed E-state index contributed by atoms with van der Waals surface area (Å²) in [6.07, 6.45) is -0.733. The van der Waals surface area contributed by atoms with Gasteiger partial charge in [-0.25, -0.2) is 0 Å². The molecule has 1 amide bonds. The van der Waals surface area contributed by atoms with Crippen molar-refractivity contribution in [2.24, 2.45) is 0 Å². The summed E-state index contributed by atoms with van der Waals surface area (Å²) in [6, 6.07) is 13.4. The van der Waals surface area contributed by atoms with Crippen molar-refractivity contribution in [2.75, 3.05) is 5.32 Å². The van der Waals surface area contributed by atoms with Gasteiger partial charge in [-0.05, 0) is 37.3 Å². The molecule has 0 bridgehead atoms. The first-order valence-corrected chi connectivity index (χ1v) is 7.18. The fourth-order valence-electron chi connectivity index (χ4n) is 1.72. The molecule has 0 spiro atoms. The van der Waals surface area contributed by atoms with Crippen LogP contribution in [0.3, 0.4) is 0 Å². The van der Waals surface area contributed by atoms with E-state index in [1.54, 1.807) is 49.4 Å². The van der Waals surface area contributed by atoms with Crippen molar-refractivity contribution in [3.63, 3.8) is 0 Å². The molecule has 6 heteroatoms. The third-order valence-corrected chi connectivity index (χ3v) is 3.57. The molecule has 0 aliphatic heterocycles. The molecule has 4 nitrogen and oxygen atoms in total. The van der Waals surface area contributed by atoms with E-state index in [2.05, 4.69) is 5.32 Å². The molecule has 0 fully saturated rings. The van der Waals surface area contributed by atoms with Crippen molar-refractivity contribution in [3.8, 4) is 11.8 Å². The Labute approximate surface area is 138 Å². The molecular weight excluding hydrogens is 323 g/mol. The van der Waals surface area contributed by atoms with Gasteiger partial charge < -0.3 is 10.1 Å². The topological polar surface area (TPSA) is 62.1 Å². The van der Waals surface area contributed by atoms with Crippen LogP contribution in [0.5, 0.6) is 5.75 Å². The van der Waals surface area contributed by atoms with Crippen molar-refractivity contribution in [1.82, 2.24) is 0 Å². The van der Waals surface area contributed by atoms with Gasteiger partial charge in [0.2, 0.25) is 0 Å². The van der Waals surface area contributed by atoms with Crippen molar-refractivity contribution < 1.29 is 9.53 Å². The second-order valence-electron chi connectivity index (χ2n) is 4.52. The number of carbonyl (C=O) groups is 1. The normalized spacial score (nSPS) is 11.4. The number of hydrogen-bond donors (Lipinski definition) is 1. The zero-order valence-corrected chi connectivity index (χ0v) is 13.2. The number of nitrogens with zero attached hydrogens (tertiary/aromatic N) is 1. The molecule has 2 rings (SSSR count). The first kappa shape index (κ1) is 16.2. The number of amides is 1. The Kier molecular flexibility index (Phi) is 5.26. The SMILES string of the molecule is C[C@H](Oc1ccc(Cl)c(Cl)c1)C(=O)Nc1cccc(C#N)c1. The van der Waals surface area contributed by atoms with Crippen molar-refractivity contribution in [3.05, 3.63) is 58.1 Å². The van der Waals surface area contributed by atoms with Crippen LogP contribution in [0.1, 0.15) is 12.5 Å². The van der Waals surface area contributed by atoms with E-state index in [0.717, 1.165) is 0 Å². The van der Waals surface area contributed by atoms with Crippen molar-refractivity contribution >= 4 is 34.8 Å². The Hall–Kier alpha value is -2.22. The number of halogens is 2. The largest absolute Gasteiger partial charge is 0.481 e. The van der Waals surface area contributed by atoms with Crippen LogP contribution < -0.4 is 10.1 Å². The zero-order valence-electron chi connectivity index (χ0n) is 11.6. The molecule has 112 valence electrons. The average Bonchev–Trinajstić information content (AvgIpc) is 2.51. The Balaban J connectivity index is 2.02. The van der Waals surface area contributed by atoms with Gasteiger partial charge in [0.05, 0.1) is 21.7 Å². The van der Waals surface area contributed by atoms with Crippen LogP contribution in [0.4, 0.5) is 5.69 Å². The maximum atomic E-state index is 12.1. The van der Waals surface area contributed by atoms with E-state index in [1.165, 1.54) is 0 Å². The second-order valence-corrected chi connectivity index (χ2v) is 5.33. The van der Waals surface area contributed by atoms with Crippen LogP contribution in [0, 0.1) is 11.3 Å². The highest BCUT2D eigenvalue weighted by Crippen LogP contribution is 2.27. The van der Waals surface area contributed by atoms with Gasteiger partial charge in [-0.1, -0.05) is 29.3 Å². The van der Waals surface area contributed by atoms with Crippen LogP contribution in [-0.4, -0.2) is 12.0 Å². The molecule has 0 aromatic heterocycles. The number of carbonyl (C=O) groups excluding carboxylic acids is 1. The van der Waals surface area contributed by atoms with E-state index in [9.17, 15) is 4.79 Å². The van der Waals surface area contributed by atoms with E-state index in [1.807, 2.05) is 6.07 Å². The summed E-state index contributed by atoms with van der Waals surface area (Å²) in [7, 11) is 0. The van der Waals surface area contributed by atoms with Crippen molar-refractivity contribution in [1.29, 1.82) is 5.26 Å². The number of ether oxygens (including phenoxy) is 1. The lowest BCUT2D eigenvalue weighted by molar-refractivity contribution is -0.122. The second kappa shape index (κ2) is 7.17. The van der Waals surface area contributed by atoms with Crippen LogP contribution in [0.25, 0.3) is 0 Å². The van der Waals surface area contributed by atoms with E-state index in [-0.39, 0.29) is 5.91 Å². The van der Waals surface area contributed by atoms with Gasteiger partial charge in [0.25, 0.3) is 5.91 Å². The fourth-order valence-corrected chi connectivity index (χ4v) is 2.01. The van der Waals surface area contributed by atoms with Gasteiger partial charge in [-0.15, -0.1) is 0 Å². The van der Waals surface area contributed by atoms with Crippen LogP contribution >= 0.6 is 23.2 Å². The molecule has 2 aromatic rings. The van der Waals surface area contributed by atoms with Crippen LogP contribution in [0.2, 0.25) is 10.0 Å². The Morgan fingerprint density at radius 1 is 1.23 bits per heavy atom. The third-order valence-electron chi connectivity index (χ3n) is 2.83. The number of anilines is 1.